The first-order valence-corrected chi connectivity index (χ1v) is 10.1. The topological polar surface area (TPSA) is 43.8 Å². The molecule has 0 fully saturated rings. The van der Waals surface area contributed by atoms with Crippen molar-refractivity contribution >= 4 is 15.9 Å². The van der Waals surface area contributed by atoms with E-state index in [0.29, 0.717) is 6.54 Å². The second-order valence-corrected chi connectivity index (χ2v) is 7.59. The van der Waals surface area contributed by atoms with E-state index >= 15 is 0 Å². The standard InChI is InChI=1S/C24H22BrN3/c25-23-16-17-28(27-23)22(18-26)24(19-10-4-1-5-11-19,20-12-6-2-7-13-20)21-14-8-3-9-15-21/h1-17,22H,18,26H2. The van der Waals surface area contributed by atoms with Crippen LogP contribution in [0.2, 0.25) is 0 Å². The maximum atomic E-state index is 6.44. The van der Waals surface area contributed by atoms with E-state index in [4.69, 9.17) is 5.73 Å². The third-order valence-electron chi connectivity index (χ3n) is 5.31. The van der Waals surface area contributed by atoms with Gasteiger partial charge < -0.3 is 5.73 Å². The molecule has 1 aromatic heterocycles. The van der Waals surface area contributed by atoms with E-state index in [2.05, 4.69) is 93.8 Å². The van der Waals surface area contributed by atoms with E-state index in [1.54, 1.807) is 0 Å². The van der Waals surface area contributed by atoms with Gasteiger partial charge >= 0.3 is 0 Å². The van der Waals surface area contributed by atoms with Crippen LogP contribution in [0.5, 0.6) is 0 Å². The normalized spacial score (nSPS) is 12.6. The van der Waals surface area contributed by atoms with Crippen molar-refractivity contribution in [2.24, 2.45) is 5.73 Å². The lowest BCUT2D eigenvalue weighted by Crippen LogP contribution is -2.43. The van der Waals surface area contributed by atoms with Gasteiger partial charge in [-0.3, -0.25) is 4.68 Å². The first-order chi connectivity index (χ1) is 13.8. The first kappa shape index (κ1) is 18.7. The smallest absolute Gasteiger partial charge is 0.128 e. The van der Waals surface area contributed by atoms with Gasteiger partial charge in [-0.2, -0.15) is 5.10 Å². The molecule has 0 spiro atoms. The van der Waals surface area contributed by atoms with Crippen LogP contribution < -0.4 is 5.73 Å². The van der Waals surface area contributed by atoms with E-state index in [-0.39, 0.29) is 6.04 Å². The molecule has 0 amide bonds. The van der Waals surface area contributed by atoms with E-state index in [0.717, 1.165) is 4.60 Å². The van der Waals surface area contributed by atoms with Gasteiger partial charge in [0.25, 0.3) is 0 Å². The van der Waals surface area contributed by atoms with Gasteiger partial charge in [0.15, 0.2) is 0 Å². The van der Waals surface area contributed by atoms with Crippen molar-refractivity contribution in [3.63, 3.8) is 0 Å². The molecule has 0 saturated heterocycles. The highest BCUT2D eigenvalue weighted by Gasteiger charge is 2.44. The summed E-state index contributed by atoms with van der Waals surface area (Å²) in [5, 5.41) is 4.68. The highest BCUT2D eigenvalue weighted by atomic mass is 79.9. The Morgan fingerprint density at radius 3 is 1.50 bits per heavy atom. The summed E-state index contributed by atoms with van der Waals surface area (Å²) >= 11 is 3.49. The molecule has 1 atom stereocenters. The van der Waals surface area contributed by atoms with Gasteiger partial charge in [-0.25, -0.2) is 0 Å². The summed E-state index contributed by atoms with van der Waals surface area (Å²) in [6.07, 6.45) is 1.99. The molecule has 4 rings (SSSR count). The summed E-state index contributed by atoms with van der Waals surface area (Å²) in [5.41, 5.74) is 9.52. The van der Waals surface area contributed by atoms with Crippen molar-refractivity contribution in [3.8, 4) is 0 Å². The van der Waals surface area contributed by atoms with Gasteiger partial charge in [0.05, 0.1) is 11.5 Å². The molecule has 0 bridgehead atoms. The molecule has 3 nitrogen and oxygen atoms in total. The van der Waals surface area contributed by atoms with Crippen LogP contribution in [0.25, 0.3) is 0 Å². The number of aromatic nitrogens is 2. The Hall–Kier alpha value is -2.69. The minimum atomic E-state index is -0.482. The number of hydrogen-bond acceptors (Lipinski definition) is 2. The molecular weight excluding hydrogens is 410 g/mol. The van der Waals surface area contributed by atoms with Crippen molar-refractivity contribution < 1.29 is 0 Å². The molecule has 3 aromatic carbocycles. The van der Waals surface area contributed by atoms with Crippen molar-refractivity contribution in [1.29, 1.82) is 0 Å². The van der Waals surface area contributed by atoms with Crippen LogP contribution >= 0.6 is 15.9 Å². The molecule has 140 valence electrons. The summed E-state index contributed by atoms with van der Waals surface area (Å²) in [4.78, 5) is 0. The van der Waals surface area contributed by atoms with E-state index in [9.17, 15) is 0 Å². The van der Waals surface area contributed by atoms with Crippen molar-refractivity contribution in [1.82, 2.24) is 9.78 Å². The monoisotopic (exact) mass is 431 g/mol. The molecule has 1 heterocycles. The van der Waals surface area contributed by atoms with Crippen LogP contribution in [0.1, 0.15) is 22.7 Å². The van der Waals surface area contributed by atoms with Gasteiger partial charge in [0, 0.05) is 12.7 Å². The van der Waals surface area contributed by atoms with Crippen LogP contribution in [-0.2, 0) is 5.41 Å². The molecule has 28 heavy (non-hydrogen) atoms. The van der Waals surface area contributed by atoms with Gasteiger partial charge in [-0.05, 0) is 38.7 Å². The van der Waals surface area contributed by atoms with Crippen LogP contribution in [0.3, 0.4) is 0 Å². The SMILES string of the molecule is NCC(n1ccc(Br)n1)C(c1ccccc1)(c1ccccc1)c1ccccc1. The second kappa shape index (κ2) is 8.13. The molecule has 0 aliphatic heterocycles. The Kier molecular flexibility index (Phi) is 5.42. The van der Waals surface area contributed by atoms with Crippen molar-refractivity contribution in [3.05, 3.63) is 125 Å². The molecule has 0 aliphatic rings. The van der Waals surface area contributed by atoms with Crippen LogP contribution in [0, 0.1) is 0 Å². The molecule has 4 heteroatoms. The third kappa shape index (κ3) is 3.19. The molecular formula is C24H22BrN3. The fraction of sp³-hybridized carbons (Fsp3) is 0.125. The average Bonchev–Trinajstić information content (AvgIpc) is 3.19. The number of rotatable bonds is 6. The minimum Gasteiger partial charge on any atom is -0.328 e. The zero-order valence-corrected chi connectivity index (χ0v) is 17.0. The van der Waals surface area contributed by atoms with Gasteiger partial charge in [-0.15, -0.1) is 0 Å². The van der Waals surface area contributed by atoms with Crippen molar-refractivity contribution in [2.75, 3.05) is 6.54 Å². The number of nitrogens with two attached hydrogens (primary N) is 1. The molecule has 0 aliphatic carbocycles. The van der Waals surface area contributed by atoms with E-state index < -0.39 is 5.41 Å². The van der Waals surface area contributed by atoms with Crippen LogP contribution in [-0.4, -0.2) is 16.3 Å². The van der Waals surface area contributed by atoms with Gasteiger partial charge in [-0.1, -0.05) is 91.0 Å². The predicted octanol–water partition coefficient (Wildman–Crippen LogP) is 5.18. The highest BCUT2D eigenvalue weighted by molar-refractivity contribution is 9.10. The lowest BCUT2D eigenvalue weighted by atomic mass is 9.64. The Bertz CT molecular complexity index is 917. The Balaban J connectivity index is 2.09. The number of benzene rings is 3. The average molecular weight is 432 g/mol. The first-order valence-electron chi connectivity index (χ1n) is 9.34. The highest BCUT2D eigenvalue weighted by Crippen LogP contribution is 2.47. The summed E-state index contributed by atoms with van der Waals surface area (Å²) in [5.74, 6) is 0. The van der Waals surface area contributed by atoms with Crippen LogP contribution in [0.15, 0.2) is 108 Å². The summed E-state index contributed by atoms with van der Waals surface area (Å²) in [6, 6.07) is 33.6. The van der Waals surface area contributed by atoms with Crippen LogP contribution in [0.4, 0.5) is 0 Å². The van der Waals surface area contributed by atoms with E-state index in [1.165, 1.54) is 16.7 Å². The molecule has 0 radical (unpaired) electrons. The minimum absolute atomic E-state index is 0.106. The Morgan fingerprint density at radius 2 is 1.18 bits per heavy atom. The number of hydrogen-bond donors (Lipinski definition) is 1. The lowest BCUT2D eigenvalue weighted by Gasteiger charge is -2.42. The summed E-state index contributed by atoms with van der Waals surface area (Å²) < 4.78 is 2.78. The lowest BCUT2D eigenvalue weighted by molar-refractivity contribution is 0.342. The third-order valence-corrected chi connectivity index (χ3v) is 5.73. The largest absolute Gasteiger partial charge is 0.328 e. The quantitative estimate of drug-likeness (QED) is 0.427. The van der Waals surface area contributed by atoms with Gasteiger partial charge in [0.2, 0.25) is 0 Å². The predicted molar refractivity (Wildman–Crippen MR) is 117 cm³/mol. The zero-order valence-electron chi connectivity index (χ0n) is 15.4. The Morgan fingerprint density at radius 1 is 0.750 bits per heavy atom. The van der Waals surface area contributed by atoms with Gasteiger partial charge in [0.1, 0.15) is 4.60 Å². The molecule has 1 unspecified atom stereocenters. The summed E-state index contributed by atoms with van der Waals surface area (Å²) in [7, 11) is 0. The van der Waals surface area contributed by atoms with Crippen molar-refractivity contribution in [2.45, 2.75) is 11.5 Å². The fourth-order valence-electron chi connectivity index (χ4n) is 4.15. The second-order valence-electron chi connectivity index (χ2n) is 6.78. The maximum absolute atomic E-state index is 6.44. The molecule has 0 saturated carbocycles. The number of nitrogens with zero attached hydrogens (tertiary/aromatic N) is 2. The fourth-order valence-corrected chi connectivity index (χ4v) is 4.45. The number of halogens is 1. The maximum Gasteiger partial charge on any atom is 0.128 e. The zero-order chi connectivity index (χ0) is 19.4. The van der Waals surface area contributed by atoms with E-state index in [1.807, 2.05) is 35.1 Å². The molecule has 4 aromatic rings. The summed E-state index contributed by atoms with van der Waals surface area (Å²) in [6.45, 7) is 0.437. The molecule has 2 N–H and O–H groups in total. The Labute approximate surface area is 174 Å².